The molecule has 2 fully saturated rings. The van der Waals surface area contributed by atoms with E-state index in [1.807, 2.05) is 18.2 Å². The van der Waals surface area contributed by atoms with Crippen molar-refractivity contribution < 1.29 is 27.4 Å². The van der Waals surface area contributed by atoms with Gasteiger partial charge in [-0.25, -0.2) is 13.4 Å². The second-order valence-electron chi connectivity index (χ2n) is 8.46. The number of carbonyl (C=O) groups is 1. The van der Waals surface area contributed by atoms with Gasteiger partial charge in [-0.1, -0.05) is 11.3 Å². The largest absolute Gasteiger partial charge is 0.497 e. The number of morpholine rings is 1. The summed E-state index contributed by atoms with van der Waals surface area (Å²) in [6.07, 6.45) is 1.39. The molecule has 0 atom stereocenters. The summed E-state index contributed by atoms with van der Waals surface area (Å²) in [5, 5.41) is 0.620. The van der Waals surface area contributed by atoms with E-state index < -0.39 is 10.0 Å². The molecule has 0 saturated carbocycles. The number of hydrogen-bond acceptors (Lipinski definition) is 8. The zero-order chi connectivity index (χ0) is 24.4. The lowest BCUT2D eigenvalue weighted by atomic mass is 10.1. The van der Waals surface area contributed by atoms with Crippen LogP contribution >= 0.6 is 11.3 Å². The van der Waals surface area contributed by atoms with Gasteiger partial charge >= 0.3 is 0 Å². The van der Waals surface area contributed by atoms with Crippen LogP contribution in [0.15, 0.2) is 47.4 Å². The Bertz CT molecular complexity index is 1290. The Kier molecular flexibility index (Phi) is 6.92. The van der Waals surface area contributed by atoms with Crippen molar-refractivity contribution in [2.45, 2.75) is 23.8 Å². The molecule has 0 unspecified atom stereocenters. The molecule has 0 aliphatic carbocycles. The number of amides is 1. The van der Waals surface area contributed by atoms with Crippen molar-refractivity contribution in [1.29, 1.82) is 0 Å². The second-order valence-corrected chi connectivity index (χ2v) is 11.4. The quantitative estimate of drug-likeness (QED) is 0.496. The number of ether oxygens (including phenoxy) is 3. The molecule has 0 N–H and O–H groups in total. The molecule has 0 spiro atoms. The highest BCUT2D eigenvalue weighted by Crippen LogP contribution is 2.32. The van der Waals surface area contributed by atoms with E-state index in [-0.39, 0.29) is 16.9 Å². The molecular formula is C24H27N3O6S2. The summed E-state index contributed by atoms with van der Waals surface area (Å²) in [4.78, 5) is 19.5. The van der Waals surface area contributed by atoms with Crippen LogP contribution in [0.4, 0.5) is 0 Å². The molecule has 11 heteroatoms. The third-order valence-electron chi connectivity index (χ3n) is 6.28. The first-order chi connectivity index (χ1) is 16.9. The van der Waals surface area contributed by atoms with Crippen LogP contribution in [-0.2, 0) is 14.8 Å². The average molecular weight is 518 g/mol. The van der Waals surface area contributed by atoms with Crippen molar-refractivity contribution in [3.8, 4) is 10.9 Å². The number of nitrogens with zero attached hydrogens (tertiary/aromatic N) is 3. The van der Waals surface area contributed by atoms with Gasteiger partial charge in [0.2, 0.25) is 10.0 Å². The van der Waals surface area contributed by atoms with Gasteiger partial charge in [-0.3, -0.25) is 4.79 Å². The van der Waals surface area contributed by atoms with Crippen molar-refractivity contribution in [3.05, 3.63) is 48.0 Å². The van der Waals surface area contributed by atoms with Crippen molar-refractivity contribution in [3.63, 3.8) is 0 Å². The zero-order valence-electron chi connectivity index (χ0n) is 19.4. The molecule has 35 heavy (non-hydrogen) atoms. The Morgan fingerprint density at radius 1 is 1.06 bits per heavy atom. The number of benzene rings is 2. The maximum absolute atomic E-state index is 13.0. The molecule has 2 aliphatic rings. The number of sulfonamides is 1. The number of methoxy groups -OCH3 is 1. The van der Waals surface area contributed by atoms with Crippen LogP contribution in [0.25, 0.3) is 10.2 Å². The first kappa shape index (κ1) is 24.0. The van der Waals surface area contributed by atoms with Gasteiger partial charge < -0.3 is 19.1 Å². The van der Waals surface area contributed by atoms with Crippen LogP contribution in [0.1, 0.15) is 23.2 Å². The molecule has 186 valence electrons. The van der Waals surface area contributed by atoms with Gasteiger partial charge in [0, 0.05) is 44.6 Å². The number of rotatable bonds is 6. The smallest absolute Gasteiger partial charge is 0.274 e. The van der Waals surface area contributed by atoms with Crippen LogP contribution in [0.5, 0.6) is 10.9 Å². The van der Waals surface area contributed by atoms with Crippen LogP contribution in [0.2, 0.25) is 0 Å². The Balaban J connectivity index is 1.17. The molecule has 2 saturated heterocycles. The lowest BCUT2D eigenvalue weighted by Crippen LogP contribution is -2.42. The van der Waals surface area contributed by atoms with Crippen LogP contribution in [0, 0.1) is 0 Å². The summed E-state index contributed by atoms with van der Waals surface area (Å²) in [6, 6.07) is 11.9. The number of thiazole rings is 1. The van der Waals surface area contributed by atoms with E-state index >= 15 is 0 Å². The minimum absolute atomic E-state index is 0.0115. The maximum Gasteiger partial charge on any atom is 0.274 e. The molecule has 3 heterocycles. The Labute approximate surface area is 208 Å². The molecule has 1 amide bonds. The van der Waals surface area contributed by atoms with Crippen LogP contribution in [0.3, 0.4) is 0 Å². The number of carbonyl (C=O) groups excluding carboxylic acids is 1. The minimum Gasteiger partial charge on any atom is -0.497 e. The predicted octanol–water partition coefficient (Wildman–Crippen LogP) is 3.01. The van der Waals surface area contributed by atoms with Crippen molar-refractivity contribution >= 4 is 37.5 Å². The minimum atomic E-state index is -3.58. The molecule has 3 aromatic rings. The summed E-state index contributed by atoms with van der Waals surface area (Å²) in [5.41, 5.74) is 1.35. The Hall–Kier alpha value is -2.73. The normalized spacial score (nSPS) is 18.0. The fourth-order valence-corrected chi connectivity index (χ4v) is 6.59. The summed E-state index contributed by atoms with van der Waals surface area (Å²) in [5.74, 6) is 0.678. The van der Waals surface area contributed by atoms with Gasteiger partial charge in [0.1, 0.15) is 11.9 Å². The summed E-state index contributed by atoms with van der Waals surface area (Å²) in [7, 11) is -1.94. The monoisotopic (exact) mass is 517 g/mol. The molecule has 5 rings (SSSR count). The standard InChI is InChI=1S/C24H27N3O6S2/c1-31-19-4-7-21-22(16-19)34-24(25-21)33-18-8-10-26(11-9-18)23(28)17-2-5-20(6-3-17)35(29,30)27-12-14-32-15-13-27/h2-7,16,18H,8-15H2,1H3. The van der Waals surface area contributed by atoms with Crippen molar-refractivity contribution in [2.75, 3.05) is 46.5 Å². The van der Waals surface area contributed by atoms with E-state index in [9.17, 15) is 13.2 Å². The van der Waals surface area contributed by atoms with E-state index in [2.05, 4.69) is 4.98 Å². The van der Waals surface area contributed by atoms with Crippen LogP contribution in [-0.4, -0.2) is 81.1 Å². The molecule has 2 aliphatic heterocycles. The highest BCUT2D eigenvalue weighted by Gasteiger charge is 2.28. The molecule has 2 aromatic carbocycles. The maximum atomic E-state index is 13.0. The zero-order valence-corrected chi connectivity index (χ0v) is 21.0. The van der Waals surface area contributed by atoms with Gasteiger partial charge in [0.05, 0.1) is 35.4 Å². The number of piperidine rings is 1. The van der Waals surface area contributed by atoms with E-state index in [1.54, 1.807) is 24.1 Å². The fraction of sp³-hybridized carbons (Fsp3) is 0.417. The van der Waals surface area contributed by atoms with Gasteiger partial charge in [-0.2, -0.15) is 4.31 Å². The number of aromatic nitrogens is 1. The molecule has 9 nitrogen and oxygen atoms in total. The molecule has 0 radical (unpaired) electrons. The first-order valence-electron chi connectivity index (χ1n) is 11.5. The van der Waals surface area contributed by atoms with Gasteiger partial charge in [0.15, 0.2) is 0 Å². The number of hydrogen-bond donors (Lipinski definition) is 0. The van der Waals surface area contributed by atoms with Crippen molar-refractivity contribution in [1.82, 2.24) is 14.2 Å². The van der Waals surface area contributed by atoms with Gasteiger partial charge in [-0.05, 0) is 42.5 Å². The van der Waals surface area contributed by atoms with E-state index in [0.717, 1.165) is 16.0 Å². The van der Waals surface area contributed by atoms with Crippen molar-refractivity contribution in [2.24, 2.45) is 0 Å². The summed E-state index contributed by atoms with van der Waals surface area (Å²) in [6.45, 7) is 2.59. The van der Waals surface area contributed by atoms with Gasteiger partial charge in [-0.15, -0.1) is 0 Å². The SMILES string of the molecule is COc1ccc2nc(OC3CCN(C(=O)c4ccc(S(=O)(=O)N5CCOCC5)cc4)CC3)sc2c1. The Morgan fingerprint density at radius 2 is 1.77 bits per heavy atom. The summed E-state index contributed by atoms with van der Waals surface area (Å²) >= 11 is 1.48. The number of likely N-dealkylation sites (tertiary alicyclic amines) is 1. The predicted molar refractivity (Wildman–Crippen MR) is 132 cm³/mol. The molecule has 0 bridgehead atoms. The third kappa shape index (κ3) is 5.13. The molecular weight excluding hydrogens is 490 g/mol. The topological polar surface area (TPSA) is 98.3 Å². The van der Waals surface area contributed by atoms with Gasteiger partial charge in [0.25, 0.3) is 11.1 Å². The summed E-state index contributed by atoms with van der Waals surface area (Å²) < 4.78 is 44.6. The first-order valence-corrected chi connectivity index (χ1v) is 13.8. The second kappa shape index (κ2) is 10.1. The highest BCUT2D eigenvalue weighted by molar-refractivity contribution is 7.89. The lowest BCUT2D eigenvalue weighted by Gasteiger charge is -2.31. The molecule has 1 aromatic heterocycles. The lowest BCUT2D eigenvalue weighted by molar-refractivity contribution is 0.0595. The van der Waals surface area contributed by atoms with Crippen LogP contribution < -0.4 is 9.47 Å². The van der Waals surface area contributed by atoms with E-state index in [4.69, 9.17) is 14.2 Å². The Morgan fingerprint density at radius 3 is 2.46 bits per heavy atom. The average Bonchev–Trinajstić information content (AvgIpc) is 3.30. The number of fused-ring (bicyclic) bond motifs is 1. The highest BCUT2D eigenvalue weighted by atomic mass is 32.2. The fourth-order valence-electron chi connectivity index (χ4n) is 4.27. The van der Waals surface area contributed by atoms with E-state index in [0.29, 0.717) is 63.0 Å². The third-order valence-corrected chi connectivity index (χ3v) is 9.10. The van der Waals surface area contributed by atoms with E-state index in [1.165, 1.54) is 27.8 Å².